The molecule has 0 bridgehead atoms. The molecule has 0 spiro atoms. The molecule has 1 aromatic heterocycles. The highest BCUT2D eigenvalue weighted by Gasteiger charge is 2.12. The summed E-state index contributed by atoms with van der Waals surface area (Å²) in [5.74, 6) is -0.759. The molecular formula is C14H16FN3OS. The Labute approximate surface area is 120 Å². The van der Waals surface area contributed by atoms with Crippen LogP contribution in [0.5, 0.6) is 0 Å². The van der Waals surface area contributed by atoms with Gasteiger partial charge in [-0.1, -0.05) is 13.3 Å². The predicted molar refractivity (Wildman–Crippen MR) is 79.5 cm³/mol. The molecule has 2 aromatic rings. The average Bonchev–Trinajstić information content (AvgIpc) is 2.89. The van der Waals surface area contributed by atoms with E-state index in [0.29, 0.717) is 10.6 Å². The number of nitrogens with two attached hydrogens (primary N) is 1. The zero-order valence-corrected chi connectivity index (χ0v) is 12.0. The number of rotatable bonds is 5. The molecular weight excluding hydrogens is 277 g/mol. The number of carbonyl (C=O) groups excluding carboxylic acids is 1. The maximum Gasteiger partial charge on any atom is 0.267 e. The fourth-order valence-corrected chi connectivity index (χ4v) is 2.53. The molecule has 0 atom stereocenters. The van der Waals surface area contributed by atoms with Crippen LogP contribution < -0.4 is 11.1 Å². The highest BCUT2D eigenvalue weighted by Crippen LogP contribution is 2.22. The van der Waals surface area contributed by atoms with E-state index in [9.17, 15) is 9.18 Å². The SMILES string of the molecule is CCCCc1ncc(C(=O)Nc2cc(F)ccc2N)s1. The lowest BCUT2D eigenvalue weighted by molar-refractivity contribution is 0.103. The first-order chi connectivity index (χ1) is 9.60. The summed E-state index contributed by atoms with van der Waals surface area (Å²) in [6.07, 6.45) is 4.55. The third-order valence-corrected chi connectivity index (χ3v) is 3.84. The van der Waals surface area contributed by atoms with Crippen molar-refractivity contribution >= 4 is 28.6 Å². The van der Waals surface area contributed by atoms with Crippen LogP contribution in [0.2, 0.25) is 0 Å². The summed E-state index contributed by atoms with van der Waals surface area (Å²) >= 11 is 1.35. The molecule has 0 aliphatic heterocycles. The molecule has 0 saturated heterocycles. The monoisotopic (exact) mass is 293 g/mol. The Balaban J connectivity index is 2.08. The number of amides is 1. The normalized spacial score (nSPS) is 10.5. The van der Waals surface area contributed by atoms with E-state index in [-0.39, 0.29) is 11.6 Å². The molecule has 6 heteroatoms. The summed E-state index contributed by atoms with van der Waals surface area (Å²) in [5.41, 5.74) is 6.30. The Bertz CT molecular complexity index is 612. The van der Waals surface area contributed by atoms with E-state index in [0.717, 1.165) is 24.3 Å². The van der Waals surface area contributed by atoms with Crippen molar-refractivity contribution in [3.63, 3.8) is 0 Å². The minimum atomic E-state index is -0.442. The Morgan fingerprint density at radius 3 is 3.05 bits per heavy atom. The van der Waals surface area contributed by atoms with E-state index < -0.39 is 5.82 Å². The quantitative estimate of drug-likeness (QED) is 0.830. The summed E-state index contributed by atoms with van der Waals surface area (Å²) < 4.78 is 13.1. The van der Waals surface area contributed by atoms with E-state index in [4.69, 9.17) is 5.73 Å². The molecule has 0 aliphatic carbocycles. The maximum atomic E-state index is 13.1. The number of nitrogens with one attached hydrogen (secondary N) is 1. The van der Waals surface area contributed by atoms with E-state index in [1.54, 1.807) is 6.20 Å². The van der Waals surface area contributed by atoms with E-state index in [1.165, 1.54) is 29.5 Å². The third kappa shape index (κ3) is 3.54. The van der Waals surface area contributed by atoms with Crippen LogP contribution in [-0.4, -0.2) is 10.9 Å². The summed E-state index contributed by atoms with van der Waals surface area (Å²) in [4.78, 5) is 16.8. The van der Waals surface area contributed by atoms with Gasteiger partial charge in [0.05, 0.1) is 22.6 Å². The number of halogens is 1. The second kappa shape index (κ2) is 6.47. The lowest BCUT2D eigenvalue weighted by Crippen LogP contribution is -2.11. The largest absolute Gasteiger partial charge is 0.397 e. The molecule has 2 rings (SSSR count). The Hall–Kier alpha value is -1.95. The number of anilines is 2. The van der Waals surface area contributed by atoms with Crippen LogP contribution in [0.25, 0.3) is 0 Å². The van der Waals surface area contributed by atoms with Gasteiger partial charge in [-0.15, -0.1) is 11.3 Å². The fraction of sp³-hybridized carbons (Fsp3) is 0.286. The van der Waals surface area contributed by atoms with Crippen LogP contribution in [0.4, 0.5) is 15.8 Å². The summed E-state index contributed by atoms with van der Waals surface area (Å²) in [6.45, 7) is 2.11. The number of benzene rings is 1. The van der Waals surface area contributed by atoms with Gasteiger partial charge in [-0.2, -0.15) is 0 Å². The van der Waals surface area contributed by atoms with Crippen molar-refractivity contribution in [3.8, 4) is 0 Å². The molecule has 1 aromatic carbocycles. The standard InChI is InChI=1S/C14H16FN3OS/c1-2-3-4-13-17-8-12(20-13)14(19)18-11-7-9(15)5-6-10(11)16/h5-8H,2-4,16H2,1H3,(H,18,19). The molecule has 20 heavy (non-hydrogen) atoms. The van der Waals surface area contributed by atoms with E-state index >= 15 is 0 Å². The van der Waals surface area contributed by atoms with Crippen LogP contribution in [0, 0.1) is 5.82 Å². The number of hydrogen-bond acceptors (Lipinski definition) is 4. The smallest absolute Gasteiger partial charge is 0.267 e. The number of nitrogens with zero attached hydrogens (tertiary/aromatic N) is 1. The number of thiazole rings is 1. The average molecular weight is 293 g/mol. The molecule has 0 radical (unpaired) electrons. The number of aromatic nitrogens is 1. The first-order valence-corrected chi connectivity index (χ1v) is 7.23. The minimum absolute atomic E-state index is 0.276. The van der Waals surface area contributed by atoms with Gasteiger partial charge >= 0.3 is 0 Å². The molecule has 3 N–H and O–H groups in total. The predicted octanol–water partition coefficient (Wildman–Crippen LogP) is 3.46. The molecule has 1 amide bonds. The molecule has 0 fully saturated rings. The third-order valence-electron chi connectivity index (χ3n) is 2.79. The van der Waals surface area contributed by atoms with Gasteiger partial charge in [0, 0.05) is 0 Å². The van der Waals surface area contributed by atoms with Gasteiger partial charge in [0.25, 0.3) is 5.91 Å². The highest BCUT2D eigenvalue weighted by molar-refractivity contribution is 7.13. The van der Waals surface area contributed by atoms with Gasteiger partial charge in [0.15, 0.2) is 0 Å². The lowest BCUT2D eigenvalue weighted by atomic mass is 10.2. The van der Waals surface area contributed by atoms with Crippen molar-refractivity contribution in [2.45, 2.75) is 26.2 Å². The second-order valence-corrected chi connectivity index (χ2v) is 5.52. The Morgan fingerprint density at radius 2 is 2.30 bits per heavy atom. The first kappa shape index (κ1) is 14.5. The number of hydrogen-bond donors (Lipinski definition) is 2. The molecule has 4 nitrogen and oxygen atoms in total. The van der Waals surface area contributed by atoms with Gasteiger partial charge in [-0.3, -0.25) is 4.79 Å². The van der Waals surface area contributed by atoms with Crippen LogP contribution >= 0.6 is 11.3 Å². The van der Waals surface area contributed by atoms with Gasteiger partial charge in [0.1, 0.15) is 10.7 Å². The zero-order chi connectivity index (χ0) is 14.5. The van der Waals surface area contributed by atoms with Crippen molar-refractivity contribution in [3.05, 3.63) is 40.1 Å². The number of carbonyl (C=O) groups is 1. The summed E-state index contributed by atoms with van der Waals surface area (Å²) in [5, 5.41) is 3.54. The summed E-state index contributed by atoms with van der Waals surface area (Å²) in [6, 6.07) is 3.87. The first-order valence-electron chi connectivity index (χ1n) is 6.41. The lowest BCUT2D eigenvalue weighted by Gasteiger charge is -2.06. The van der Waals surface area contributed by atoms with Gasteiger partial charge in [0.2, 0.25) is 0 Å². The van der Waals surface area contributed by atoms with Gasteiger partial charge in [-0.25, -0.2) is 9.37 Å². The van der Waals surface area contributed by atoms with E-state index in [2.05, 4.69) is 17.2 Å². The van der Waals surface area contributed by atoms with Crippen molar-refractivity contribution < 1.29 is 9.18 Å². The van der Waals surface area contributed by atoms with Crippen LogP contribution in [0.15, 0.2) is 24.4 Å². The number of unbranched alkanes of at least 4 members (excludes halogenated alkanes) is 1. The van der Waals surface area contributed by atoms with Crippen molar-refractivity contribution in [2.75, 3.05) is 11.1 Å². The molecule has 0 aliphatic rings. The zero-order valence-electron chi connectivity index (χ0n) is 11.1. The van der Waals surface area contributed by atoms with Crippen molar-refractivity contribution in [2.24, 2.45) is 0 Å². The van der Waals surface area contributed by atoms with Crippen LogP contribution in [-0.2, 0) is 6.42 Å². The molecule has 106 valence electrons. The van der Waals surface area contributed by atoms with Crippen LogP contribution in [0.3, 0.4) is 0 Å². The molecule has 0 saturated carbocycles. The topological polar surface area (TPSA) is 68.0 Å². The number of aryl methyl sites for hydroxylation is 1. The highest BCUT2D eigenvalue weighted by atomic mass is 32.1. The summed E-state index contributed by atoms with van der Waals surface area (Å²) in [7, 11) is 0. The minimum Gasteiger partial charge on any atom is -0.397 e. The fourth-order valence-electron chi connectivity index (χ4n) is 1.68. The van der Waals surface area contributed by atoms with Gasteiger partial charge < -0.3 is 11.1 Å². The van der Waals surface area contributed by atoms with Gasteiger partial charge in [-0.05, 0) is 31.0 Å². The maximum absolute atomic E-state index is 13.1. The Kier molecular flexibility index (Phi) is 4.68. The van der Waals surface area contributed by atoms with Crippen molar-refractivity contribution in [1.29, 1.82) is 0 Å². The van der Waals surface area contributed by atoms with Crippen molar-refractivity contribution in [1.82, 2.24) is 4.98 Å². The molecule has 1 heterocycles. The Morgan fingerprint density at radius 1 is 1.50 bits per heavy atom. The molecule has 0 unspecified atom stereocenters. The number of nitrogen functional groups attached to an aromatic ring is 1. The van der Waals surface area contributed by atoms with E-state index in [1.807, 2.05) is 0 Å². The second-order valence-electron chi connectivity index (χ2n) is 4.41. The van der Waals surface area contributed by atoms with Crippen LogP contribution in [0.1, 0.15) is 34.4 Å².